The Bertz CT molecular complexity index is 614. The first-order chi connectivity index (χ1) is 10.1. The number of hydrogen-bond acceptors (Lipinski definition) is 2. The molecule has 0 fully saturated rings. The van der Waals surface area contributed by atoms with E-state index >= 15 is 0 Å². The number of hydrogen-bond donors (Lipinski definition) is 1. The summed E-state index contributed by atoms with van der Waals surface area (Å²) in [7, 11) is 0. The van der Waals surface area contributed by atoms with Gasteiger partial charge in [0.15, 0.2) is 17.5 Å². The fourth-order valence-corrected chi connectivity index (χ4v) is 2.58. The Morgan fingerprint density at radius 2 is 1.67 bits per heavy atom. The normalized spacial score (nSPS) is 12.4. The molecule has 1 nitrogen and oxygen atoms in total. The zero-order valence-electron chi connectivity index (χ0n) is 11.8. The smallest absolute Gasteiger partial charge is 0.194 e. The maximum Gasteiger partial charge on any atom is 0.194 e. The second-order valence-electron chi connectivity index (χ2n) is 4.53. The molecule has 0 aliphatic heterocycles. The van der Waals surface area contributed by atoms with Gasteiger partial charge in [-0.25, -0.2) is 13.2 Å². The highest BCUT2D eigenvalue weighted by Crippen LogP contribution is 2.28. The minimum Gasteiger partial charge on any atom is -0.306 e. The van der Waals surface area contributed by atoms with Gasteiger partial charge in [0, 0.05) is 10.5 Å². The van der Waals surface area contributed by atoms with Crippen LogP contribution in [0.4, 0.5) is 13.2 Å². The Balaban J connectivity index is 2.45. The molecule has 0 heterocycles. The topological polar surface area (TPSA) is 12.0 Å². The van der Waals surface area contributed by atoms with Crippen LogP contribution >= 0.6 is 11.8 Å². The van der Waals surface area contributed by atoms with Crippen LogP contribution in [0, 0.1) is 17.5 Å². The monoisotopic (exact) mass is 311 g/mol. The molecule has 0 aliphatic carbocycles. The Morgan fingerprint density at radius 1 is 1.00 bits per heavy atom. The number of thioether (sulfide) groups is 1. The Labute approximate surface area is 126 Å². The summed E-state index contributed by atoms with van der Waals surface area (Å²) >= 11 is 1.60. The molecule has 112 valence electrons. The summed E-state index contributed by atoms with van der Waals surface area (Å²) in [4.78, 5) is 1.08. The van der Waals surface area contributed by atoms with Crippen molar-refractivity contribution in [1.82, 2.24) is 5.32 Å². The number of benzene rings is 2. The van der Waals surface area contributed by atoms with Gasteiger partial charge in [-0.15, -0.1) is 11.8 Å². The molecule has 1 unspecified atom stereocenters. The van der Waals surface area contributed by atoms with Gasteiger partial charge in [-0.2, -0.15) is 0 Å². The standard InChI is InChI=1S/C16H16F3NS/c1-3-20-16(10-4-6-11(21-2)7-5-10)12-8-9-13(17)15(19)14(12)18/h4-9,16,20H,3H2,1-2H3. The lowest BCUT2D eigenvalue weighted by molar-refractivity contribution is 0.433. The van der Waals surface area contributed by atoms with E-state index in [0.29, 0.717) is 6.54 Å². The molecule has 0 saturated carbocycles. The van der Waals surface area contributed by atoms with Crippen LogP contribution in [0.25, 0.3) is 0 Å². The number of halogens is 3. The van der Waals surface area contributed by atoms with Crippen molar-refractivity contribution >= 4 is 11.8 Å². The van der Waals surface area contributed by atoms with Gasteiger partial charge >= 0.3 is 0 Å². The van der Waals surface area contributed by atoms with Crippen LogP contribution in [0.5, 0.6) is 0 Å². The van der Waals surface area contributed by atoms with Crippen molar-refractivity contribution < 1.29 is 13.2 Å². The van der Waals surface area contributed by atoms with Crippen LogP contribution in [-0.2, 0) is 0 Å². The molecule has 0 saturated heterocycles. The Morgan fingerprint density at radius 3 is 2.24 bits per heavy atom. The summed E-state index contributed by atoms with van der Waals surface area (Å²) in [6, 6.07) is 9.28. The van der Waals surface area contributed by atoms with E-state index in [1.165, 1.54) is 6.07 Å². The van der Waals surface area contributed by atoms with E-state index < -0.39 is 23.5 Å². The van der Waals surface area contributed by atoms with Crippen molar-refractivity contribution in [3.8, 4) is 0 Å². The summed E-state index contributed by atoms with van der Waals surface area (Å²) in [5, 5.41) is 3.10. The van der Waals surface area contributed by atoms with E-state index in [-0.39, 0.29) is 5.56 Å². The highest BCUT2D eigenvalue weighted by molar-refractivity contribution is 7.98. The predicted octanol–water partition coefficient (Wildman–Crippen LogP) is 4.52. The van der Waals surface area contributed by atoms with Gasteiger partial charge in [0.05, 0.1) is 6.04 Å². The molecule has 0 aromatic heterocycles. The molecule has 1 atom stereocenters. The van der Waals surface area contributed by atoms with E-state index in [1.807, 2.05) is 37.4 Å². The van der Waals surface area contributed by atoms with E-state index in [2.05, 4.69) is 5.32 Å². The molecule has 0 bridgehead atoms. The lowest BCUT2D eigenvalue weighted by Gasteiger charge is -2.20. The molecule has 2 aromatic carbocycles. The lowest BCUT2D eigenvalue weighted by Crippen LogP contribution is -2.23. The summed E-state index contributed by atoms with van der Waals surface area (Å²) in [6.07, 6.45) is 1.96. The van der Waals surface area contributed by atoms with Crippen molar-refractivity contribution in [2.75, 3.05) is 12.8 Å². The molecule has 0 amide bonds. The fraction of sp³-hybridized carbons (Fsp3) is 0.250. The van der Waals surface area contributed by atoms with Gasteiger partial charge < -0.3 is 5.32 Å². The molecular formula is C16H16F3NS. The third kappa shape index (κ3) is 3.41. The van der Waals surface area contributed by atoms with Crippen molar-refractivity contribution in [3.05, 3.63) is 65.0 Å². The second-order valence-corrected chi connectivity index (χ2v) is 5.41. The van der Waals surface area contributed by atoms with Gasteiger partial charge in [-0.05, 0) is 36.6 Å². The molecule has 5 heteroatoms. The maximum atomic E-state index is 14.0. The Kier molecular flexibility index (Phi) is 5.31. The van der Waals surface area contributed by atoms with Crippen molar-refractivity contribution in [1.29, 1.82) is 0 Å². The zero-order chi connectivity index (χ0) is 15.4. The van der Waals surface area contributed by atoms with Gasteiger partial charge in [0.25, 0.3) is 0 Å². The third-order valence-electron chi connectivity index (χ3n) is 3.23. The summed E-state index contributed by atoms with van der Waals surface area (Å²) in [5.74, 6) is -3.75. The van der Waals surface area contributed by atoms with Crippen molar-refractivity contribution in [2.24, 2.45) is 0 Å². The highest BCUT2D eigenvalue weighted by atomic mass is 32.2. The zero-order valence-corrected chi connectivity index (χ0v) is 12.6. The van der Waals surface area contributed by atoms with Crippen LogP contribution < -0.4 is 5.32 Å². The van der Waals surface area contributed by atoms with Crippen LogP contribution in [0.3, 0.4) is 0 Å². The van der Waals surface area contributed by atoms with Crippen LogP contribution in [-0.4, -0.2) is 12.8 Å². The SMILES string of the molecule is CCNC(c1ccc(SC)cc1)c1ccc(F)c(F)c1F. The average molecular weight is 311 g/mol. The second kappa shape index (κ2) is 7.00. The minimum atomic E-state index is -1.43. The minimum absolute atomic E-state index is 0.104. The molecule has 0 spiro atoms. The molecule has 2 rings (SSSR count). The summed E-state index contributed by atoms with van der Waals surface area (Å²) in [5.41, 5.74) is 0.909. The first-order valence-electron chi connectivity index (χ1n) is 6.59. The summed E-state index contributed by atoms with van der Waals surface area (Å²) < 4.78 is 40.5. The maximum absolute atomic E-state index is 14.0. The first-order valence-corrected chi connectivity index (χ1v) is 7.81. The van der Waals surface area contributed by atoms with Crippen molar-refractivity contribution in [3.63, 3.8) is 0 Å². The lowest BCUT2D eigenvalue weighted by atomic mass is 9.98. The molecule has 2 aromatic rings. The predicted molar refractivity (Wildman–Crippen MR) is 80.1 cm³/mol. The van der Waals surface area contributed by atoms with Gasteiger partial charge in [-0.3, -0.25) is 0 Å². The van der Waals surface area contributed by atoms with Gasteiger partial charge in [0.1, 0.15) is 0 Å². The van der Waals surface area contributed by atoms with Crippen LogP contribution in [0.15, 0.2) is 41.3 Å². The van der Waals surface area contributed by atoms with E-state index in [0.717, 1.165) is 16.5 Å². The van der Waals surface area contributed by atoms with E-state index in [9.17, 15) is 13.2 Å². The average Bonchev–Trinajstić information content (AvgIpc) is 2.51. The summed E-state index contributed by atoms with van der Waals surface area (Å²) in [6.45, 7) is 2.45. The fourth-order valence-electron chi connectivity index (χ4n) is 2.17. The van der Waals surface area contributed by atoms with Crippen molar-refractivity contribution in [2.45, 2.75) is 17.9 Å². The van der Waals surface area contributed by atoms with Gasteiger partial charge in [-0.1, -0.05) is 25.1 Å². The molecule has 21 heavy (non-hydrogen) atoms. The highest BCUT2D eigenvalue weighted by Gasteiger charge is 2.21. The Hall–Kier alpha value is -1.46. The van der Waals surface area contributed by atoms with E-state index in [4.69, 9.17) is 0 Å². The quantitative estimate of drug-likeness (QED) is 0.643. The first kappa shape index (κ1) is 15.9. The number of nitrogens with one attached hydrogen (secondary N) is 1. The van der Waals surface area contributed by atoms with E-state index in [1.54, 1.807) is 11.8 Å². The van der Waals surface area contributed by atoms with Gasteiger partial charge in [0.2, 0.25) is 0 Å². The van der Waals surface area contributed by atoms with Crippen LogP contribution in [0.1, 0.15) is 24.1 Å². The molecular weight excluding hydrogens is 295 g/mol. The third-order valence-corrected chi connectivity index (χ3v) is 3.98. The number of rotatable bonds is 5. The van der Waals surface area contributed by atoms with Crippen LogP contribution in [0.2, 0.25) is 0 Å². The molecule has 0 aliphatic rings. The largest absolute Gasteiger partial charge is 0.306 e. The molecule has 0 radical (unpaired) electrons. The molecule has 1 N–H and O–H groups in total.